The van der Waals surface area contributed by atoms with E-state index >= 15 is 4.39 Å². The van der Waals surface area contributed by atoms with Crippen LogP contribution in [0.25, 0.3) is 27.7 Å². The SMILES string of the molecule is CC(C)(F)c1onc(-c2c(Cl)cc(Cl)cc2Cl)c1C(=O)n1cc2c3c(cccc31)/C(=C/C(=O)O)CC2. The number of alkyl halides is 1. The van der Waals surface area contributed by atoms with Gasteiger partial charge in [0.25, 0.3) is 5.91 Å². The molecule has 2 aromatic carbocycles. The van der Waals surface area contributed by atoms with E-state index in [0.29, 0.717) is 23.9 Å². The standard InChI is InChI=1S/C26H18Cl3FN2O4/c1-26(2,30)24-22(23(31-36-24)21-16(28)9-14(27)10-17(21)29)25(35)32-11-13-7-6-12(8-19(33)34)15-4-3-5-18(32)20(13)15/h3-5,8-11H,6-7H2,1-2H3,(H,33,34)/b12-8+. The normalized spacial score (nSPS) is 14.6. The van der Waals surface area contributed by atoms with Crippen LogP contribution in [0.15, 0.2) is 47.1 Å². The van der Waals surface area contributed by atoms with Gasteiger partial charge in [0.1, 0.15) is 11.3 Å². The number of carboxylic acids is 1. The molecule has 0 unspecified atom stereocenters. The summed E-state index contributed by atoms with van der Waals surface area (Å²) in [5.41, 5.74) is 0.841. The van der Waals surface area contributed by atoms with Crippen LogP contribution in [-0.2, 0) is 16.9 Å². The van der Waals surface area contributed by atoms with E-state index in [1.165, 1.54) is 36.6 Å². The largest absolute Gasteiger partial charge is 0.478 e. The fraction of sp³-hybridized carbons (Fsp3) is 0.192. The number of nitrogens with zero attached hydrogens (tertiary/aromatic N) is 2. The molecule has 5 rings (SSSR count). The van der Waals surface area contributed by atoms with Gasteiger partial charge in [0, 0.05) is 28.2 Å². The zero-order valence-electron chi connectivity index (χ0n) is 19.0. The third-order valence-corrected chi connectivity index (χ3v) is 6.94. The summed E-state index contributed by atoms with van der Waals surface area (Å²) in [4.78, 5) is 25.4. The van der Waals surface area contributed by atoms with Gasteiger partial charge in [-0.15, -0.1) is 0 Å². The molecule has 0 atom stereocenters. The number of carboxylic acid groups (broad SMARTS) is 1. The molecule has 0 spiro atoms. The molecule has 1 aliphatic rings. The number of hydrogen-bond acceptors (Lipinski definition) is 4. The number of allylic oxidation sites excluding steroid dienone is 1. The molecule has 1 N–H and O–H groups in total. The Bertz CT molecular complexity index is 1590. The smallest absolute Gasteiger partial charge is 0.328 e. The predicted molar refractivity (Wildman–Crippen MR) is 137 cm³/mol. The van der Waals surface area contributed by atoms with Gasteiger partial charge in [-0.3, -0.25) is 9.36 Å². The van der Waals surface area contributed by atoms with Crippen LogP contribution in [0.4, 0.5) is 4.39 Å². The summed E-state index contributed by atoms with van der Waals surface area (Å²) >= 11 is 18.9. The van der Waals surface area contributed by atoms with Crippen LogP contribution in [0.2, 0.25) is 15.1 Å². The van der Waals surface area contributed by atoms with E-state index < -0.39 is 17.5 Å². The average molecular weight is 548 g/mol. The van der Waals surface area contributed by atoms with E-state index in [1.54, 1.807) is 18.3 Å². The lowest BCUT2D eigenvalue weighted by molar-refractivity contribution is -0.131. The Morgan fingerprint density at radius 2 is 1.86 bits per heavy atom. The van der Waals surface area contributed by atoms with Crippen molar-refractivity contribution in [1.29, 1.82) is 0 Å². The highest BCUT2D eigenvalue weighted by Crippen LogP contribution is 2.43. The van der Waals surface area contributed by atoms with E-state index in [0.717, 1.165) is 16.5 Å². The highest BCUT2D eigenvalue weighted by Gasteiger charge is 2.37. The van der Waals surface area contributed by atoms with Crippen molar-refractivity contribution in [2.45, 2.75) is 32.4 Å². The summed E-state index contributed by atoms with van der Waals surface area (Å²) in [7, 11) is 0. The van der Waals surface area contributed by atoms with Gasteiger partial charge in [-0.05, 0) is 61.6 Å². The molecule has 4 aromatic rings. The zero-order chi connectivity index (χ0) is 25.9. The van der Waals surface area contributed by atoms with Crippen LogP contribution >= 0.6 is 34.8 Å². The van der Waals surface area contributed by atoms with Gasteiger partial charge in [-0.1, -0.05) is 52.1 Å². The summed E-state index contributed by atoms with van der Waals surface area (Å²) in [6, 6.07) is 8.21. The first-order chi connectivity index (χ1) is 17.0. The van der Waals surface area contributed by atoms with Crippen LogP contribution in [0.5, 0.6) is 0 Å². The second-order valence-corrected chi connectivity index (χ2v) is 10.2. The zero-order valence-corrected chi connectivity index (χ0v) is 21.3. The Kier molecular flexibility index (Phi) is 5.98. The number of carbonyl (C=O) groups is 2. The topological polar surface area (TPSA) is 85.3 Å². The maximum atomic E-state index is 15.2. The third kappa shape index (κ3) is 4.01. The molecule has 0 fully saturated rings. The van der Waals surface area contributed by atoms with Crippen molar-refractivity contribution in [3.63, 3.8) is 0 Å². The number of halogens is 4. The number of rotatable bonds is 4. The molecule has 0 radical (unpaired) electrons. The predicted octanol–water partition coefficient (Wildman–Crippen LogP) is 7.56. The monoisotopic (exact) mass is 546 g/mol. The van der Waals surface area contributed by atoms with E-state index in [4.69, 9.17) is 39.3 Å². The Morgan fingerprint density at radius 1 is 1.17 bits per heavy atom. The Morgan fingerprint density at radius 3 is 2.50 bits per heavy atom. The minimum atomic E-state index is -2.05. The summed E-state index contributed by atoms with van der Waals surface area (Å²) in [5.74, 6) is -1.90. The number of aromatic nitrogens is 2. The first kappa shape index (κ1) is 24.6. The number of aliphatic carboxylic acids is 1. The van der Waals surface area contributed by atoms with E-state index in [1.807, 2.05) is 6.07 Å². The molecule has 0 aliphatic heterocycles. The maximum absolute atomic E-state index is 15.2. The van der Waals surface area contributed by atoms with Crippen molar-refractivity contribution >= 4 is 63.2 Å². The molecular formula is C26H18Cl3FN2O4. The molecule has 10 heteroatoms. The highest BCUT2D eigenvalue weighted by atomic mass is 35.5. The molecule has 36 heavy (non-hydrogen) atoms. The Balaban J connectivity index is 1.76. The Hall–Kier alpha value is -3.13. The average Bonchev–Trinajstić information content (AvgIpc) is 3.38. The molecule has 0 saturated heterocycles. The van der Waals surface area contributed by atoms with Gasteiger partial charge in [0.15, 0.2) is 11.4 Å². The number of aryl methyl sites for hydroxylation is 1. The van der Waals surface area contributed by atoms with Crippen LogP contribution in [0.1, 0.15) is 47.5 Å². The van der Waals surface area contributed by atoms with Crippen LogP contribution in [-0.4, -0.2) is 26.7 Å². The van der Waals surface area contributed by atoms with Gasteiger partial charge in [0.2, 0.25) is 0 Å². The molecule has 2 aromatic heterocycles. The summed E-state index contributed by atoms with van der Waals surface area (Å²) < 4.78 is 22.0. The van der Waals surface area contributed by atoms with Gasteiger partial charge < -0.3 is 9.63 Å². The van der Waals surface area contributed by atoms with Crippen molar-refractivity contribution in [2.24, 2.45) is 0 Å². The van der Waals surface area contributed by atoms with Gasteiger partial charge in [-0.2, -0.15) is 0 Å². The lowest BCUT2D eigenvalue weighted by atomic mass is 9.88. The van der Waals surface area contributed by atoms with Crippen molar-refractivity contribution < 1.29 is 23.6 Å². The van der Waals surface area contributed by atoms with Gasteiger partial charge >= 0.3 is 5.97 Å². The highest BCUT2D eigenvalue weighted by molar-refractivity contribution is 6.42. The van der Waals surface area contributed by atoms with E-state index in [2.05, 4.69) is 5.16 Å². The third-order valence-electron chi connectivity index (χ3n) is 6.12. The van der Waals surface area contributed by atoms with Crippen LogP contribution in [0, 0.1) is 0 Å². The van der Waals surface area contributed by atoms with E-state index in [-0.39, 0.29) is 37.6 Å². The van der Waals surface area contributed by atoms with Crippen molar-refractivity contribution in [1.82, 2.24) is 9.72 Å². The second kappa shape index (κ2) is 8.76. The molecule has 0 amide bonds. The minimum Gasteiger partial charge on any atom is -0.478 e. The lowest BCUT2D eigenvalue weighted by Gasteiger charge is -2.15. The molecule has 1 aliphatic carbocycles. The van der Waals surface area contributed by atoms with Gasteiger partial charge in [0.05, 0.1) is 15.6 Å². The number of carbonyl (C=O) groups excluding carboxylic acids is 1. The summed E-state index contributed by atoms with van der Waals surface area (Å²) in [6.45, 7) is 2.52. The fourth-order valence-corrected chi connectivity index (χ4v) is 5.65. The second-order valence-electron chi connectivity index (χ2n) is 8.99. The first-order valence-electron chi connectivity index (χ1n) is 10.9. The molecule has 0 saturated carbocycles. The van der Waals surface area contributed by atoms with Crippen molar-refractivity contribution in [3.05, 3.63) is 80.1 Å². The van der Waals surface area contributed by atoms with Crippen LogP contribution < -0.4 is 0 Å². The maximum Gasteiger partial charge on any atom is 0.328 e. The molecule has 6 nitrogen and oxygen atoms in total. The molecule has 2 heterocycles. The number of benzene rings is 2. The number of hydrogen-bond donors (Lipinski definition) is 1. The lowest BCUT2D eigenvalue weighted by Crippen LogP contribution is -2.18. The minimum absolute atomic E-state index is 0.00622. The first-order valence-corrected chi connectivity index (χ1v) is 12.1. The quantitative estimate of drug-likeness (QED) is 0.266. The Labute approximate surface area is 219 Å². The van der Waals surface area contributed by atoms with Crippen LogP contribution in [0.3, 0.4) is 0 Å². The molecule has 184 valence electrons. The summed E-state index contributed by atoms with van der Waals surface area (Å²) in [6.07, 6.45) is 3.92. The van der Waals surface area contributed by atoms with Gasteiger partial charge in [-0.25, -0.2) is 9.18 Å². The molecule has 0 bridgehead atoms. The van der Waals surface area contributed by atoms with Crippen molar-refractivity contribution in [3.8, 4) is 11.3 Å². The van der Waals surface area contributed by atoms with Crippen molar-refractivity contribution in [2.75, 3.05) is 0 Å². The van der Waals surface area contributed by atoms with E-state index in [9.17, 15) is 14.7 Å². The fourth-order valence-electron chi connectivity index (χ4n) is 4.65. The summed E-state index contributed by atoms with van der Waals surface area (Å²) in [5, 5.41) is 14.6. The molecular weight excluding hydrogens is 530 g/mol.